The van der Waals surface area contributed by atoms with E-state index in [1.165, 1.54) is 7.11 Å². The molecule has 2 nitrogen and oxygen atoms in total. The molecular formula is C16H26FNO. The Balaban J connectivity index is 2.86. The molecule has 0 fully saturated rings. The highest BCUT2D eigenvalue weighted by Crippen LogP contribution is 2.30. The van der Waals surface area contributed by atoms with Gasteiger partial charge >= 0.3 is 0 Å². The normalized spacial score (nSPS) is 14.5. The van der Waals surface area contributed by atoms with E-state index in [-0.39, 0.29) is 11.2 Å². The van der Waals surface area contributed by atoms with E-state index in [4.69, 9.17) is 4.74 Å². The molecule has 0 radical (unpaired) electrons. The smallest absolute Gasteiger partial charge is 0.168 e. The highest BCUT2D eigenvalue weighted by Gasteiger charge is 2.25. The minimum absolute atomic E-state index is 0.0531. The quantitative estimate of drug-likeness (QED) is 0.811. The molecule has 0 aromatic heterocycles. The summed E-state index contributed by atoms with van der Waals surface area (Å²) in [5.74, 6) is 0.0991. The van der Waals surface area contributed by atoms with Crippen molar-refractivity contribution in [2.75, 3.05) is 13.7 Å². The third-order valence-electron chi connectivity index (χ3n) is 3.67. The molecule has 1 N–H and O–H groups in total. The van der Waals surface area contributed by atoms with Crippen molar-refractivity contribution >= 4 is 0 Å². The molecule has 0 aliphatic carbocycles. The molecule has 1 unspecified atom stereocenters. The minimum atomic E-state index is -0.228. The van der Waals surface area contributed by atoms with E-state index in [0.29, 0.717) is 18.2 Å². The van der Waals surface area contributed by atoms with Gasteiger partial charge in [-0.05, 0) is 29.9 Å². The van der Waals surface area contributed by atoms with Crippen molar-refractivity contribution < 1.29 is 9.13 Å². The second kappa shape index (κ2) is 6.90. The number of hydrogen-bond acceptors (Lipinski definition) is 2. The molecule has 0 aliphatic heterocycles. The van der Waals surface area contributed by atoms with Gasteiger partial charge in [0.25, 0.3) is 0 Å². The molecule has 1 aromatic rings. The van der Waals surface area contributed by atoms with Crippen molar-refractivity contribution in [3.05, 3.63) is 29.6 Å². The Morgan fingerprint density at radius 2 is 2.05 bits per heavy atom. The first-order chi connectivity index (χ1) is 8.91. The number of nitrogens with one attached hydrogen (secondary N) is 1. The zero-order valence-corrected chi connectivity index (χ0v) is 12.7. The van der Waals surface area contributed by atoms with Crippen LogP contribution in [0.2, 0.25) is 0 Å². The first-order valence-electron chi connectivity index (χ1n) is 6.96. The van der Waals surface area contributed by atoms with E-state index in [9.17, 15) is 4.39 Å². The van der Waals surface area contributed by atoms with Gasteiger partial charge in [-0.2, -0.15) is 0 Å². The second-order valence-electron chi connectivity index (χ2n) is 5.81. The summed E-state index contributed by atoms with van der Waals surface area (Å²) in [5.41, 5.74) is 0.784. The Kier molecular flexibility index (Phi) is 5.80. The third kappa shape index (κ3) is 4.50. The topological polar surface area (TPSA) is 21.3 Å². The van der Waals surface area contributed by atoms with Crippen LogP contribution in [-0.2, 0) is 6.42 Å². The lowest BCUT2D eigenvalue weighted by Crippen LogP contribution is -2.37. The van der Waals surface area contributed by atoms with Gasteiger partial charge in [-0.15, -0.1) is 0 Å². The van der Waals surface area contributed by atoms with Crippen LogP contribution in [0.5, 0.6) is 5.75 Å². The van der Waals surface area contributed by atoms with Gasteiger partial charge in [0.05, 0.1) is 7.11 Å². The molecule has 19 heavy (non-hydrogen) atoms. The van der Waals surface area contributed by atoms with Crippen LogP contribution in [0.4, 0.5) is 4.39 Å². The molecule has 0 saturated carbocycles. The fourth-order valence-corrected chi connectivity index (χ4v) is 2.07. The Hall–Kier alpha value is -1.09. The van der Waals surface area contributed by atoms with E-state index < -0.39 is 0 Å². The van der Waals surface area contributed by atoms with Crippen molar-refractivity contribution in [1.29, 1.82) is 0 Å². The molecule has 108 valence electrons. The molecule has 0 saturated heterocycles. The molecule has 0 heterocycles. The van der Waals surface area contributed by atoms with Crippen molar-refractivity contribution in [3.63, 3.8) is 0 Å². The van der Waals surface area contributed by atoms with Gasteiger partial charge in [-0.25, -0.2) is 4.39 Å². The summed E-state index contributed by atoms with van der Waals surface area (Å²) in [5, 5.41) is 3.45. The number of ether oxygens (including phenoxy) is 1. The van der Waals surface area contributed by atoms with Crippen LogP contribution in [0.3, 0.4) is 0 Å². The van der Waals surface area contributed by atoms with Crippen LogP contribution in [0, 0.1) is 11.2 Å². The zero-order chi connectivity index (χ0) is 14.5. The highest BCUT2D eigenvalue weighted by molar-refractivity contribution is 5.31. The van der Waals surface area contributed by atoms with E-state index in [1.807, 2.05) is 12.1 Å². The van der Waals surface area contributed by atoms with Crippen LogP contribution < -0.4 is 10.1 Å². The molecule has 1 aromatic carbocycles. The molecule has 3 heteroatoms. The summed E-state index contributed by atoms with van der Waals surface area (Å²) in [7, 11) is 1.50. The molecule has 1 rings (SSSR count). The van der Waals surface area contributed by atoms with Crippen molar-refractivity contribution in [2.45, 2.75) is 46.6 Å². The van der Waals surface area contributed by atoms with E-state index >= 15 is 0 Å². The zero-order valence-electron chi connectivity index (χ0n) is 12.7. The number of benzene rings is 1. The maximum Gasteiger partial charge on any atom is 0.168 e. The summed E-state index contributed by atoms with van der Waals surface area (Å²) in [6.07, 6.45) is 1.72. The number of methoxy groups -OCH3 is 1. The van der Waals surface area contributed by atoms with E-state index in [0.717, 1.165) is 18.5 Å². The van der Waals surface area contributed by atoms with Crippen LogP contribution in [-0.4, -0.2) is 19.7 Å². The molecule has 0 spiro atoms. The average molecular weight is 267 g/mol. The molecule has 0 amide bonds. The second-order valence-corrected chi connectivity index (χ2v) is 5.81. The lowest BCUT2D eigenvalue weighted by atomic mass is 9.80. The Morgan fingerprint density at radius 1 is 1.37 bits per heavy atom. The van der Waals surface area contributed by atoms with Gasteiger partial charge in [0.15, 0.2) is 11.6 Å². The maximum absolute atomic E-state index is 14.2. The van der Waals surface area contributed by atoms with Gasteiger partial charge in [0, 0.05) is 12.6 Å². The third-order valence-corrected chi connectivity index (χ3v) is 3.67. The molecule has 0 aliphatic rings. The fourth-order valence-electron chi connectivity index (χ4n) is 2.07. The van der Waals surface area contributed by atoms with Crippen molar-refractivity contribution in [2.24, 2.45) is 5.41 Å². The monoisotopic (exact) mass is 267 g/mol. The van der Waals surface area contributed by atoms with Crippen LogP contribution in [0.15, 0.2) is 18.2 Å². The standard InChI is InChI=1S/C16H26FNO/c1-6-16(4,11-18-12(2)3)10-13-8-7-9-14(19-5)15(13)17/h7-9,12,18H,6,10-11H2,1-5H3. The van der Waals surface area contributed by atoms with E-state index in [2.05, 4.69) is 33.0 Å². The summed E-state index contributed by atoms with van der Waals surface area (Å²) >= 11 is 0. The lowest BCUT2D eigenvalue weighted by Gasteiger charge is -2.30. The predicted molar refractivity (Wildman–Crippen MR) is 78.2 cm³/mol. The van der Waals surface area contributed by atoms with Crippen molar-refractivity contribution in [1.82, 2.24) is 5.32 Å². The number of rotatable bonds is 7. The molecule has 1 atom stereocenters. The van der Waals surface area contributed by atoms with Gasteiger partial charge in [-0.3, -0.25) is 0 Å². The van der Waals surface area contributed by atoms with Gasteiger partial charge < -0.3 is 10.1 Å². The van der Waals surface area contributed by atoms with E-state index in [1.54, 1.807) is 6.07 Å². The first kappa shape index (κ1) is 16.0. The highest BCUT2D eigenvalue weighted by atomic mass is 19.1. The summed E-state index contributed by atoms with van der Waals surface area (Å²) in [4.78, 5) is 0. The first-order valence-corrected chi connectivity index (χ1v) is 6.96. The van der Waals surface area contributed by atoms with Crippen LogP contribution in [0.25, 0.3) is 0 Å². The SMILES string of the molecule is CCC(C)(CNC(C)C)Cc1cccc(OC)c1F. The summed E-state index contributed by atoms with van der Waals surface area (Å²) in [6, 6.07) is 5.81. The van der Waals surface area contributed by atoms with Crippen LogP contribution >= 0.6 is 0 Å². The Morgan fingerprint density at radius 3 is 2.58 bits per heavy atom. The molecular weight excluding hydrogens is 241 g/mol. The van der Waals surface area contributed by atoms with Crippen LogP contribution in [0.1, 0.15) is 39.7 Å². The lowest BCUT2D eigenvalue weighted by molar-refractivity contribution is 0.276. The minimum Gasteiger partial charge on any atom is -0.494 e. The summed E-state index contributed by atoms with van der Waals surface area (Å²) < 4.78 is 19.2. The van der Waals surface area contributed by atoms with Gasteiger partial charge in [0.2, 0.25) is 0 Å². The Bertz CT molecular complexity index is 406. The fraction of sp³-hybridized carbons (Fsp3) is 0.625. The predicted octanol–water partition coefficient (Wildman–Crippen LogP) is 3.79. The average Bonchev–Trinajstić information content (AvgIpc) is 2.39. The maximum atomic E-state index is 14.2. The Labute approximate surface area is 116 Å². The van der Waals surface area contributed by atoms with Gasteiger partial charge in [0.1, 0.15) is 0 Å². The number of hydrogen-bond donors (Lipinski definition) is 1. The van der Waals surface area contributed by atoms with Gasteiger partial charge in [-0.1, -0.05) is 39.8 Å². The largest absolute Gasteiger partial charge is 0.494 e. The number of halogens is 1. The summed E-state index contributed by atoms with van der Waals surface area (Å²) in [6.45, 7) is 9.49. The molecule has 0 bridgehead atoms. The van der Waals surface area contributed by atoms with Crippen molar-refractivity contribution in [3.8, 4) is 5.75 Å².